The summed E-state index contributed by atoms with van der Waals surface area (Å²) in [5.74, 6) is -0.109. The van der Waals surface area contributed by atoms with Gasteiger partial charge in [-0.3, -0.25) is 0 Å². The van der Waals surface area contributed by atoms with Crippen LogP contribution in [0.3, 0.4) is 0 Å². The first kappa shape index (κ1) is 12.2. The minimum atomic E-state index is -3.50. The highest BCUT2D eigenvalue weighted by molar-refractivity contribution is 8.13. The lowest BCUT2D eigenvalue weighted by Crippen LogP contribution is -2.51. The largest absolute Gasteiger partial charge is 0.373 e. The highest BCUT2D eigenvalue weighted by atomic mass is 35.7. The third-order valence-corrected chi connectivity index (χ3v) is 3.52. The zero-order chi connectivity index (χ0) is 10.7. The van der Waals surface area contributed by atoms with Crippen LogP contribution in [0.2, 0.25) is 0 Å². The summed E-state index contributed by atoms with van der Waals surface area (Å²) in [6.07, 6.45) is 1.67. The molecule has 0 aromatic carbocycles. The number of halogens is 1. The van der Waals surface area contributed by atoms with E-state index in [1.807, 2.05) is 6.92 Å². The first-order valence-corrected chi connectivity index (χ1v) is 7.22. The molecule has 4 nitrogen and oxygen atoms in total. The molecular weight excluding hydrogens is 226 g/mol. The molecule has 1 fully saturated rings. The first-order valence-electron chi connectivity index (χ1n) is 4.74. The van der Waals surface area contributed by atoms with Crippen molar-refractivity contribution < 1.29 is 13.2 Å². The molecule has 1 heterocycles. The van der Waals surface area contributed by atoms with E-state index in [1.54, 1.807) is 0 Å². The number of rotatable bonds is 4. The van der Waals surface area contributed by atoms with Crippen molar-refractivity contribution in [1.29, 1.82) is 0 Å². The van der Waals surface area contributed by atoms with Gasteiger partial charge < -0.3 is 10.1 Å². The van der Waals surface area contributed by atoms with Crippen molar-refractivity contribution in [3.8, 4) is 0 Å². The molecule has 6 heteroatoms. The van der Waals surface area contributed by atoms with Gasteiger partial charge in [-0.25, -0.2) is 8.42 Å². The Morgan fingerprint density at radius 3 is 2.71 bits per heavy atom. The van der Waals surface area contributed by atoms with E-state index >= 15 is 0 Å². The van der Waals surface area contributed by atoms with Crippen LogP contribution in [0.4, 0.5) is 0 Å². The average molecular weight is 242 g/mol. The Morgan fingerprint density at radius 1 is 1.57 bits per heavy atom. The minimum Gasteiger partial charge on any atom is -0.373 e. The molecule has 14 heavy (non-hydrogen) atoms. The lowest BCUT2D eigenvalue weighted by Gasteiger charge is -2.36. The summed E-state index contributed by atoms with van der Waals surface area (Å²) in [7, 11) is 1.76. The predicted octanol–water partition coefficient (Wildman–Crippen LogP) is 0.714. The Labute approximate surface area is 89.4 Å². The van der Waals surface area contributed by atoms with E-state index in [0.717, 1.165) is 19.4 Å². The molecule has 0 spiro atoms. The Kier molecular flexibility index (Phi) is 4.18. The third kappa shape index (κ3) is 3.73. The molecule has 0 saturated carbocycles. The smallest absolute Gasteiger partial charge is 0.235 e. The summed E-state index contributed by atoms with van der Waals surface area (Å²) in [4.78, 5) is 0. The summed E-state index contributed by atoms with van der Waals surface area (Å²) in [6.45, 7) is 3.84. The van der Waals surface area contributed by atoms with E-state index in [4.69, 9.17) is 15.4 Å². The van der Waals surface area contributed by atoms with Crippen LogP contribution >= 0.6 is 10.7 Å². The Balaban J connectivity index is 2.70. The molecule has 0 aromatic heterocycles. The monoisotopic (exact) mass is 241 g/mol. The van der Waals surface area contributed by atoms with E-state index in [1.165, 1.54) is 0 Å². The van der Waals surface area contributed by atoms with Crippen molar-refractivity contribution in [1.82, 2.24) is 5.32 Å². The van der Waals surface area contributed by atoms with Gasteiger partial charge in [0.15, 0.2) is 0 Å². The van der Waals surface area contributed by atoms with Crippen LogP contribution in [0, 0.1) is 0 Å². The van der Waals surface area contributed by atoms with Gasteiger partial charge in [0, 0.05) is 23.8 Å². The third-order valence-electron chi connectivity index (χ3n) is 2.32. The molecule has 0 aromatic rings. The second kappa shape index (κ2) is 4.79. The molecule has 0 aliphatic carbocycles. The molecule has 0 radical (unpaired) electrons. The second-order valence-corrected chi connectivity index (χ2v) is 6.36. The zero-order valence-electron chi connectivity index (χ0n) is 8.25. The molecule has 1 unspecified atom stereocenters. The van der Waals surface area contributed by atoms with Crippen LogP contribution in [0.15, 0.2) is 0 Å². The van der Waals surface area contributed by atoms with Gasteiger partial charge in [0.05, 0.1) is 11.4 Å². The molecule has 1 aliphatic heterocycles. The molecule has 1 atom stereocenters. The molecule has 0 bridgehead atoms. The predicted molar refractivity (Wildman–Crippen MR) is 56.1 cm³/mol. The van der Waals surface area contributed by atoms with Crippen LogP contribution in [0.5, 0.6) is 0 Å². The molecule has 0 amide bonds. The number of hydrogen-bond acceptors (Lipinski definition) is 4. The topological polar surface area (TPSA) is 55.4 Å². The molecular formula is C8H16ClNO3S. The maximum atomic E-state index is 11.0. The van der Waals surface area contributed by atoms with Crippen molar-refractivity contribution in [3.63, 3.8) is 0 Å². The van der Waals surface area contributed by atoms with Crippen molar-refractivity contribution in [2.24, 2.45) is 0 Å². The van der Waals surface area contributed by atoms with Gasteiger partial charge in [0.1, 0.15) is 0 Å². The van der Waals surface area contributed by atoms with E-state index < -0.39 is 14.7 Å². The maximum Gasteiger partial charge on any atom is 0.235 e. The SMILES string of the molecule is CCOC1(CS(=O)(=O)Cl)CCCNC1. The van der Waals surface area contributed by atoms with Gasteiger partial charge in [-0.05, 0) is 26.3 Å². The van der Waals surface area contributed by atoms with Crippen LogP contribution in [-0.4, -0.2) is 39.5 Å². The minimum absolute atomic E-state index is 0.109. The number of hydrogen-bond donors (Lipinski definition) is 1. The van der Waals surface area contributed by atoms with Gasteiger partial charge in [-0.1, -0.05) is 0 Å². The summed E-state index contributed by atoms with van der Waals surface area (Å²) in [5, 5.41) is 3.13. The van der Waals surface area contributed by atoms with E-state index in [9.17, 15) is 8.42 Å². The number of piperidine rings is 1. The number of ether oxygens (including phenoxy) is 1. The van der Waals surface area contributed by atoms with E-state index in [-0.39, 0.29) is 5.75 Å². The van der Waals surface area contributed by atoms with Gasteiger partial charge in [0.2, 0.25) is 9.05 Å². The maximum absolute atomic E-state index is 11.0. The summed E-state index contributed by atoms with van der Waals surface area (Å²) in [5.41, 5.74) is -0.617. The summed E-state index contributed by atoms with van der Waals surface area (Å²) in [6, 6.07) is 0. The molecule has 1 saturated heterocycles. The summed E-state index contributed by atoms with van der Waals surface area (Å²) < 4.78 is 27.6. The van der Waals surface area contributed by atoms with Crippen LogP contribution < -0.4 is 5.32 Å². The van der Waals surface area contributed by atoms with E-state index in [2.05, 4.69) is 5.32 Å². The van der Waals surface area contributed by atoms with Crippen molar-refractivity contribution in [3.05, 3.63) is 0 Å². The average Bonchev–Trinajstić information content (AvgIpc) is 2.02. The highest BCUT2D eigenvalue weighted by Gasteiger charge is 2.36. The highest BCUT2D eigenvalue weighted by Crippen LogP contribution is 2.24. The molecule has 1 rings (SSSR count). The Hall–Kier alpha value is 0.160. The second-order valence-electron chi connectivity index (χ2n) is 3.58. The quantitative estimate of drug-likeness (QED) is 0.737. The van der Waals surface area contributed by atoms with Crippen molar-refractivity contribution in [2.75, 3.05) is 25.4 Å². The standard InChI is InChI=1S/C8H16ClNO3S/c1-2-13-8(7-14(9,11)12)4-3-5-10-6-8/h10H,2-7H2,1H3. The van der Waals surface area contributed by atoms with Crippen molar-refractivity contribution in [2.45, 2.75) is 25.4 Å². The van der Waals surface area contributed by atoms with Crippen molar-refractivity contribution >= 4 is 19.7 Å². The Morgan fingerprint density at radius 2 is 2.29 bits per heavy atom. The molecule has 1 aliphatic rings. The van der Waals surface area contributed by atoms with Gasteiger partial charge in [-0.2, -0.15) is 0 Å². The first-order chi connectivity index (χ1) is 6.47. The fraction of sp³-hybridized carbons (Fsp3) is 1.00. The van der Waals surface area contributed by atoms with E-state index in [0.29, 0.717) is 13.2 Å². The van der Waals surface area contributed by atoms with Crippen LogP contribution in [0.25, 0.3) is 0 Å². The lowest BCUT2D eigenvalue weighted by molar-refractivity contribution is -0.0371. The summed E-state index contributed by atoms with van der Waals surface area (Å²) >= 11 is 0. The lowest BCUT2D eigenvalue weighted by atomic mass is 9.96. The normalized spacial score (nSPS) is 29.0. The van der Waals surface area contributed by atoms with Crippen LogP contribution in [-0.2, 0) is 13.8 Å². The fourth-order valence-electron chi connectivity index (χ4n) is 1.85. The van der Waals surface area contributed by atoms with Crippen LogP contribution in [0.1, 0.15) is 19.8 Å². The zero-order valence-corrected chi connectivity index (χ0v) is 9.83. The van der Waals surface area contributed by atoms with Gasteiger partial charge in [-0.15, -0.1) is 0 Å². The number of nitrogens with one attached hydrogen (secondary N) is 1. The van der Waals surface area contributed by atoms with Gasteiger partial charge >= 0.3 is 0 Å². The molecule has 84 valence electrons. The van der Waals surface area contributed by atoms with Gasteiger partial charge in [0.25, 0.3) is 0 Å². The Bertz CT molecular complexity index is 267. The fourth-order valence-corrected chi connectivity index (χ4v) is 3.40. The molecule has 1 N–H and O–H groups in total.